The van der Waals surface area contributed by atoms with Gasteiger partial charge in [0.15, 0.2) is 0 Å². The highest BCUT2D eigenvalue weighted by molar-refractivity contribution is 5.90. The van der Waals surface area contributed by atoms with E-state index in [0.717, 1.165) is 25.9 Å². The van der Waals surface area contributed by atoms with Crippen LogP contribution in [0.3, 0.4) is 0 Å². The molecular weight excluding hydrogens is 378 g/mol. The Kier molecular flexibility index (Phi) is 8.78. The lowest BCUT2D eigenvalue weighted by atomic mass is 9.97. The number of carbonyl (C=O) groups excluding carboxylic acids is 3. The minimum Gasteiger partial charge on any atom is -0.469 e. The fourth-order valence-electron chi connectivity index (χ4n) is 3.34. The second-order valence-electron chi connectivity index (χ2n) is 6.94. The highest BCUT2D eigenvalue weighted by atomic mass is 16.5. The number of esters is 2. The molecule has 3 rings (SSSR count). The van der Waals surface area contributed by atoms with Gasteiger partial charge in [0.1, 0.15) is 5.69 Å². The van der Waals surface area contributed by atoms with E-state index in [9.17, 15) is 14.4 Å². The fourth-order valence-corrected chi connectivity index (χ4v) is 3.34. The summed E-state index contributed by atoms with van der Waals surface area (Å²) in [5.74, 6) is -0.257. The molecule has 160 valence electrons. The summed E-state index contributed by atoms with van der Waals surface area (Å²) in [4.78, 5) is 43.6. The molecule has 1 aromatic rings. The smallest absolute Gasteiger partial charge is 0.308 e. The molecule has 2 aliphatic rings. The number of piperidine rings is 2. The summed E-state index contributed by atoms with van der Waals surface area (Å²) in [5, 5.41) is 3.19. The van der Waals surface area contributed by atoms with E-state index in [1.807, 2.05) is 4.90 Å². The molecule has 0 saturated carbocycles. The summed E-state index contributed by atoms with van der Waals surface area (Å²) < 4.78 is 9.35. The minimum absolute atomic E-state index is 0.0542. The molecule has 0 radical (unpaired) electrons. The molecule has 2 aliphatic heterocycles. The number of amides is 1. The van der Waals surface area contributed by atoms with Crippen LogP contribution in [0.15, 0.2) is 12.3 Å². The van der Waals surface area contributed by atoms with Crippen LogP contribution >= 0.6 is 0 Å². The fraction of sp³-hybridized carbons (Fsp3) is 0.632. The highest BCUT2D eigenvalue weighted by Gasteiger charge is 2.27. The van der Waals surface area contributed by atoms with Crippen LogP contribution in [0.4, 0.5) is 5.95 Å². The molecule has 1 amide bonds. The number of rotatable bonds is 4. The van der Waals surface area contributed by atoms with Crippen molar-refractivity contribution in [2.75, 3.05) is 45.3 Å². The Morgan fingerprint density at radius 3 is 2.10 bits per heavy atom. The van der Waals surface area contributed by atoms with Gasteiger partial charge in [-0.25, -0.2) is 9.97 Å². The molecule has 2 fully saturated rings. The summed E-state index contributed by atoms with van der Waals surface area (Å²) in [7, 11) is 2.85. The first-order valence-corrected chi connectivity index (χ1v) is 9.70. The number of nitrogens with zero attached hydrogens (tertiary/aromatic N) is 3. The number of hydrogen-bond donors (Lipinski definition) is 2. The quantitative estimate of drug-likeness (QED) is 0.667. The van der Waals surface area contributed by atoms with Crippen molar-refractivity contribution >= 4 is 23.8 Å². The van der Waals surface area contributed by atoms with Gasteiger partial charge in [-0.3, -0.25) is 14.4 Å². The van der Waals surface area contributed by atoms with Gasteiger partial charge in [0.2, 0.25) is 5.95 Å². The SMILES string of the molecule is COC(=O)C1CCN(c2nccc(C(N)=O)n2)CC1.COC(=O)C1CCNCC1. The topological polar surface area (TPSA) is 137 Å². The van der Waals surface area contributed by atoms with E-state index >= 15 is 0 Å². The Morgan fingerprint density at radius 1 is 1.03 bits per heavy atom. The van der Waals surface area contributed by atoms with Gasteiger partial charge in [-0.2, -0.15) is 0 Å². The lowest BCUT2D eigenvalue weighted by Crippen LogP contribution is -2.38. The Labute approximate surface area is 170 Å². The van der Waals surface area contributed by atoms with E-state index in [4.69, 9.17) is 10.5 Å². The minimum atomic E-state index is -0.576. The third-order valence-corrected chi connectivity index (χ3v) is 5.08. The summed E-state index contributed by atoms with van der Waals surface area (Å²) in [5.41, 5.74) is 5.38. The van der Waals surface area contributed by atoms with Crippen molar-refractivity contribution in [3.63, 3.8) is 0 Å². The Balaban J connectivity index is 0.000000253. The van der Waals surface area contributed by atoms with E-state index in [1.165, 1.54) is 26.5 Å². The van der Waals surface area contributed by atoms with Gasteiger partial charge in [0, 0.05) is 19.3 Å². The van der Waals surface area contributed by atoms with Crippen molar-refractivity contribution in [3.8, 4) is 0 Å². The Hall–Kier alpha value is -2.75. The van der Waals surface area contributed by atoms with Crippen LogP contribution in [0.25, 0.3) is 0 Å². The third kappa shape index (κ3) is 6.67. The third-order valence-electron chi connectivity index (χ3n) is 5.08. The van der Waals surface area contributed by atoms with Crippen LogP contribution in [0.5, 0.6) is 0 Å². The average Bonchev–Trinajstić information content (AvgIpc) is 2.79. The van der Waals surface area contributed by atoms with Gasteiger partial charge in [-0.15, -0.1) is 0 Å². The van der Waals surface area contributed by atoms with Gasteiger partial charge in [-0.1, -0.05) is 0 Å². The maximum Gasteiger partial charge on any atom is 0.308 e. The van der Waals surface area contributed by atoms with E-state index in [2.05, 4.69) is 20.0 Å². The van der Waals surface area contributed by atoms with E-state index in [1.54, 1.807) is 0 Å². The molecule has 0 spiro atoms. The molecule has 0 atom stereocenters. The van der Waals surface area contributed by atoms with Crippen molar-refractivity contribution < 1.29 is 23.9 Å². The largest absolute Gasteiger partial charge is 0.469 e. The molecule has 0 aliphatic carbocycles. The van der Waals surface area contributed by atoms with Crippen LogP contribution in [0, 0.1) is 11.8 Å². The van der Waals surface area contributed by atoms with Crippen molar-refractivity contribution in [1.29, 1.82) is 0 Å². The van der Waals surface area contributed by atoms with E-state index in [-0.39, 0.29) is 29.5 Å². The standard InChI is InChI=1S/C12H16N4O3.C7H13NO2/c1-19-11(18)8-3-6-16(7-4-8)12-14-5-2-9(15-12)10(13)17;1-10-7(9)6-2-4-8-5-3-6/h2,5,8H,3-4,6-7H2,1H3,(H2,13,17);6,8H,2-5H2,1H3. The first kappa shape index (κ1) is 22.5. The first-order valence-electron chi connectivity index (χ1n) is 9.70. The molecule has 0 bridgehead atoms. The van der Waals surface area contributed by atoms with Crippen LogP contribution in [-0.2, 0) is 19.1 Å². The summed E-state index contributed by atoms with van der Waals surface area (Å²) >= 11 is 0. The number of methoxy groups -OCH3 is 2. The summed E-state index contributed by atoms with van der Waals surface area (Å²) in [6.45, 7) is 3.20. The highest BCUT2D eigenvalue weighted by Crippen LogP contribution is 2.21. The van der Waals surface area contributed by atoms with Gasteiger partial charge in [0.05, 0.1) is 26.1 Å². The van der Waals surface area contributed by atoms with Crippen LogP contribution < -0.4 is 16.0 Å². The van der Waals surface area contributed by atoms with E-state index in [0.29, 0.717) is 31.9 Å². The zero-order chi connectivity index (χ0) is 21.2. The normalized spacial score (nSPS) is 17.7. The number of ether oxygens (including phenoxy) is 2. The number of anilines is 1. The monoisotopic (exact) mass is 407 g/mol. The van der Waals surface area contributed by atoms with Gasteiger partial charge in [-0.05, 0) is 44.8 Å². The lowest BCUT2D eigenvalue weighted by Gasteiger charge is -2.30. The Bertz CT molecular complexity index is 700. The second kappa shape index (κ2) is 11.3. The molecule has 3 heterocycles. The zero-order valence-electron chi connectivity index (χ0n) is 16.9. The molecule has 1 aromatic heterocycles. The molecular formula is C19H29N5O5. The molecule has 10 nitrogen and oxygen atoms in total. The number of nitrogens with two attached hydrogens (primary N) is 1. The van der Waals surface area contributed by atoms with Crippen molar-refractivity contribution in [2.24, 2.45) is 17.6 Å². The van der Waals surface area contributed by atoms with Crippen LogP contribution in [0.2, 0.25) is 0 Å². The van der Waals surface area contributed by atoms with Gasteiger partial charge < -0.3 is 25.4 Å². The number of nitrogens with one attached hydrogen (secondary N) is 1. The number of hydrogen-bond acceptors (Lipinski definition) is 9. The molecule has 0 unspecified atom stereocenters. The van der Waals surface area contributed by atoms with Crippen molar-refractivity contribution in [3.05, 3.63) is 18.0 Å². The summed E-state index contributed by atoms with van der Waals surface area (Å²) in [6, 6.07) is 1.48. The van der Waals surface area contributed by atoms with Crippen molar-refractivity contribution in [1.82, 2.24) is 15.3 Å². The van der Waals surface area contributed by atoms with Crippen LogP contribution in [0.1, 0.15) is 36.2 Å². The van der Waals surface area contributed by atoms with E-state index < -0.39 is 5.91 Å². The second-order valence-corrected chi connectivity index (χ2v) is 6.94. The molecule has 10 heteroatoms. The summed E-state index contributed by atoms with van der Waals surface area (Å²) in [6.07, 6.45) is 4.74. The van der Waals surface area contributed by atoms with Crippen molar-refractivity contribution in [2.45, 2.75) is 25.7 Å². The average molecular weight is 407 g/mol. The van der Waals surface area contributed by atoms with Gasteiger partial charge >= 0.3 is 11.9 Å². The molecule has 29 heavy (non-hydrogen) atoms. The number of primary amides is 1. The lowest BCUT2D eigenvalue weighted by molar-refractivity contribution is -0.147. The molecule has 2 saturated heterocycles. The maximum atomic E-state index is 11.4. The predicted molar refractivity (Wildman–Crippen MR) is 105 cm³/mol. The van der Waals surface area contributed by atoms with Gasteiger partial charge in [0.25, 0.3) is 5.91 Å². The number of carbonyl (C=O) groups is 3. The molecule has 3 N–H and O–H groups in total. The number of aromatic nitrogens is 2. The van der Waals surface area contributed by atoms with Crippen LogP contribution in [-0.4, -0.2) is 68.2 Å². The maximum absolute atomic E-state index is 11.4. The first-order chi connectivity index (χ1) is 14.0. The predicted octanol–water partition coefficient (Wildman–Crippen LogP) is 0.124. The Morgan fingerprint density at radius 2 is 1.59 bits per heavy atom. The molecule has 0 aromatic carbocycles. The zero-order valence-corrected chi connectivity index (χ0v) is 16.9.